The molecule has 2 aliphatic heterocycles. The van der Waals surface area contributed by atoms with Crippen LogP contribution in [0.4, 0.5) is 0 Å². The molecular formula is C17H23Cl3N3O2+. The molecule has 2 N–H and O–H groups in total. The molecule has 5 nitrogen and oxygen atoms in total. The van der Waals surface area contributed by atoms with Crippen molar-refractivity contribution in [3.05, 3.63) is 34.2 Å². The maximum atomic E-state index is 12.2. The summed E-state index contributed by atoms with van der Waals surface area (Å²) in [4.78, 5) is 25.4. The van der Waals surface area contributed by atoms with Gasteiger partial charge in [0.05, 0.1) is 13.1 Å². The van der Waals surface area contributed by atoms with E-state index in [1.54, 1.807) is 12.1 Å². The fourth-order valence-electron chi connectivity index (χ4n) is 4.01. The smallest absolute Gasteiger partial charge is 0.262 e. The zero-order chi connectivity index (χ0) is 18.4. The van der Waals surface area contributed by atoms with Gasteiger partial charge in [-0.3, -0.25) is 9.59 Å². The molecule has 3 rings (SSSR count). The maximum Gasteiger partial charge on any atom is 0.262 e. The molecule has 1 saturated heterocycles. The molecule has 0 aliphatic carbocycles. The van der Waals surface area contributed by atoms with Crippen molar-refractivity contribution in [2.45, 2.75) is 42.7 Å². The summed E-state index contributed by atoms with van der Waals surface area (Å²) >= 11 is 18.6. The van der Waals surface area contributed by atoms with E-state index in [4.69, 9.17) is 34.8 Å². The summed E-state index contributed by atoms with van der Waals surface area (Å²) in [5.41, 5.74) is 1.08. The summed E-state index contributed by atoms with van der Waals surface area (Å²) in [5, 5.41) is 2.91. The number of piperidine rings is 1. The standard InChI is InChI=1S/C17H22Cl3N3O2/c1-10(2)15(25)21-16(17(18,19)20)22-7-11-6-12(9-22)13-4-3-5-14(24)23(13)8-11/h3-5,10-12,16H,6-9H2,1-2H3,(H,21,25)/p+1/t11-,12+,16-/m1/s1. The first kappa shape index (κ1) is 19.0. The maximum absolute atomic E-state index is 12.2. The normalized spacial score (nSPS) is 26.9. The van der Waals surface area contributed by atoms with Gasteiger partial charge in [0, 0.05) is 36.1 Å². The molecule has 1 unspecified atom stereocenters. The molecule has 1 aromatic rings. The Bertz CT molecular complexity index is 714. The van der Waals surface area contributed by atoms with Crippen LogP contribution in [0.15, 0.2) is 23.0 Å². The minimum Gasteiger partial charge on any atom is -0.312 e. The number of quaternary nitrogens is 1. The molecule has 0 aromatic carbocycles. The molecule has 2 aliphatic rings. The van der Waals surface area contributed by atoms with Crippen molar-refractivity contribution in [1.29, 1.82) is 0 Å². The van der Waals surface area contributed by atoms with Crippen LogP contribution in [0.1, 0.15) is 31.9 Å². The number of likely N-dealkylation sites (tertiary alicyclic amines) is 1. The van der Waals surface area contributed by atoms with Crippen LogP contribution in [0.5, 0.6) is 0 Å². The molecule has 25 heavy (non-hydrogen) atoms. The van der Waals surface area contributed by atoms with Gasteiger partial charge in [0.25, 0.3) is 9.35 Å². The predicted molar refractivity (Wildman–Crippen MR) is 99.3 cm³/mol. The number of nitrogens with one attached hydrogen (secondary N) is 2. The Morgan fingerprint density at radius 2 is 2.04 bits per heavy atom. The van der Waals surface area contributed by atoms with Crippen LogP contribution in [0.2, 0.25) is 0 Å². The predicted octanol–water partition coefficient (Wildman–Crippen LogP) is 1.32. The summed E-state index contributed by atoms with van der Waals surface area (Å²) < 4.78 is 0.272. The third-order valence-corrected chi connectivity index (χ3v) is 5.82. The molecule has 1 amide bonds. The first-order valence-electron chi connectivity index (χ1n) is 8.58. The molecule has 3 heterocycles. The molecule has 0 spiro atoms. The lowest BCUT2D eigenvalue weighted by Gasteiger charge is -2.44. The van der Waals surface area contributed by atoms with Crippen molar-refractivity contribution in [3.8, 4) is 0 Å². The first-order chi connectivity index (χ1) is 11.7. The second-order valence-corrected chi connectivity index (χ2v) is 9.77. The lowest BCUT2D eigenvalue weighted by Crippen LogP contribution is -3.21. The van der Waals surface area contributed by atoms with Gasteiger partial charge in [-0.15, -0.1) is 0 Å². The Morgan fingerprint density at radius 1 is 1.32 bits per heavy atom. The number of hydrogen-bond acceptors (Lipinski definition) is 2. The average Bonchev–Trinajstić information content (AvgIpc) is 2.52. The lowest BCUT2D eigenvalue weighted by atomic mass is 9.83. The number of halogens is 3. The molecule has 1 aromatic heterocycles. The molecule has 0 saturated carbocycles. The number of alkyl halides is 3. The highest BCUT2D eigenvalue weighted by Crippen LogP contribution is 2.33. The third kappa shape index (κ3) is 4.00. The number of rotatable bonds is 3. The van der Waals surface area contributed by atoms with E-state index in [-0.39, 0.29) is 23.3 Å². The van der Waals surface area contributed by atoms with Crippen LogP contribution >= 0.6 is 34.8 Å². The number of hydrogen-bond donors (Lipinski definition) is 2. The molecule has 2 bridgehead atoms. The Hall–Kier alpha value is -0.750. The van der Waals surface area contributed by atoms with Crippen molar-refractivity contribution in [1.82, 2.24) is 9.88 Å². The van der Waals surface area contributed by atoms with Gasteiger partial charge in [-0.05, 0) is 12.5 Å². The van der Waals surface area contributed by atoms with Gasteiger partial charge in [0.1, 0.15) is 0 Å². The van der Waals surface area contributed by atoms with E-state index >= 15 is 0 Å². The molecular weight excluding hydrogens is 385 g/mol. The quantitative estimate of drug-likeness (QED) is 0.743. The van der Waals surface area contributed by atoms with Crippen LogP contribution in [0.3, 0.4) is 0 Å². The average molecular weight is 408 g/mol. The van der Waals surface area contributed by atoms with Crippen molar-refractivity contribution in [3.63, 3.8) is 0 Å². The van der Waals surface area contributed by atoms with Crippen molar-refractivity contribution in [2.75, 3.05) is 13.1 Å². The summed E-state index contributed by atoms with van der Waals surface area (Å²) in [6.45, 7) is 5.78. The number of amides is 1. The van der Waals surface area contributed by atoms with Crippen LogP contribution in [0.25, 0.3) is 0 Å². The van der Waals surface area contributed by atoms with E-state index < -0.39 is 9.96 Å². The Kier molecular flexibility index (Phi) is 5.41. The first-order valence-corrected chi connectivity index (χ1v) is 9.71. The molecule has 0 radical (unpaired) electrons. The van der Waals surface area contributed by atoms with E-state index in [0.717, 1.165) is 30.1 Å². The number of aromatic nitrogens is 1. The fraction of sp³-hybridized carbons (Fsp3) is 0.647. The van der Waals surface area contributed by atoms with Gasteiger partial charge in [-0.1, -0.05) is 54.7 Å². The van der Waals surface area contributed by atoms with Crippen molar-refractivity contribution < 1.29 is 9.69 Å². The minimum absolute atomic E-state index is 0.0432. The Labute approximate surface area is 162 Å². The van der Waals surface area contributed by atoms with Gasteiger partial charge in [0.2, 0.25) is 12.1 Å². The second kappa shape index (κ2) is 7.10. The van der Waals surface area contributed by atoms with Gasteiger partial charge < -0.3 is 14.8 Å². The molecule has 4 atom stereocenters. The zero-order valence-electron chi connectivity index (χ0n) is 14.3. The fourth-order valence-corrected chi connectivity index (χ4v) is 4.64. The van der Waals surface area contributed by atoms with Gasteiger partial charge in [-0.25, -0.2) is 0 Å². The monoisotopic (exact) mass is 406 g/mol. The van der Waals surface area contributed by atoms with Gasteiger partial charge >= 0.3 is 0 Å². The topological polar surface area (TPSA) is 55.5 Å². The number of pyridine rings is 1. The summed E-state index contributed by atoms with van der Waals surface area (Å²) in [7, 11) is 0. The van der Waals surface area contributed by atoms with Crippen molar-refractivity contribution in [2.24, 2.45) is 11.8 Å². The number of carbonyl (C=O) groups is 1. The van der Waals surface area contributed by atoms with E-state index in [9.17, 15) is 9.59 Å². The molecule has 8 heteroatoms. The Morgan fingerprint density at radius 3 is 2.68 bits per heavy atom. The summed E-state index contributed by atoms with van der Waals surface area (Å²) in [5.74, 6) is 0.239. The summed E-state index contributed by atoms with van der Waals surface area (Å²) in [6.07, 6.45) is 0.414. The van der Waals surface area contributed by atoms with Crippen LogP contribution < -0.4 is 15.8 Å². The largest absolute Gasteiger partial charge is 0.312 e. The van der Waals surface area contributed by atoms with Crippen LogP contribution in [-0.4, -0.2) is 33.5 Å². The highest BCUT2D eigenvalue weighted by molar-refractivity contribution is 6.68. The Balaban J connectivity index is 1.86. The highest BCUT2D eigenvalue weighted by Gasteiger charge is 2.47. The second-order valence-electron chi connectivity index (χ2n) is 7.40. The van der Waals surface area contributed by atoms with Crippen molar-refractivity contribution >= 4 is 40.7 Å². The highest BCUT2D eigenvalue weighted by atomic mass is 35.6. The molecule has 1 fully saturated rings. The minimum atomic E-state index is -1.60. The van der Waals surface area contributed by atoms with E-state index in [0.29, 0.717) is 12.5 Å². The number of nitrogens with zero attached hydrogens (tertiary/aromatic N) is 1. The third-order valence-electron chi connectivity index (χ3n) is 5.17. The number of fused-ring (bicyclic) bond motifs is 4. The van der Waals surface area contributed by atoms with E-state index in [1.165, 1.54) is 0 Å². The van der Waals surface area contributed by atoms with E-state index in [1.807, 2.05) is 24.5 Å². The molecule has 138 valence electrons. The van der Waals surface area contributed by atoms with Crippen LogP contribution in [-0.2, 0) is 11.3 Å². The lowest BCUT2D eigenvalue weighted by molar-refractivity contribution is -0.937. The summed E-state index contributed by atoms with van der Waals surface area (Å²) in [6, 6.07) is 5.40. The SMILES string of the molecule is CC(C)C(=O)N[C@H]([NH+]1C[C@H]2C[C@@H](C1)c1cccc(=O)n1C2)C(Cl)(Cl)Cl. The zero-order valence-corrected chi connectivity index (χ0v) is 16.5. The van der Waals surface area contributed by atoms with Gasteiger partial charge in [-0.2, -0.15) is 0 Å². The van der Waals surface area contributed by atoms with Gasteiger partial charge in [0.15, 0.2) is 0 Å². The van der Waals surface area contributed by atoms with E-state index in [2.05, 4.69) is 5.32 Å². The number of carbonyl (C=O) groups excluding carboxylic acids is 1. The van der Waals surface area contributed by atoms with Crippen LogP contribution in [0, 0.1) is 11.8 Å².